The van der Waals surface area contributed by atoms with Crippen molar-refractivity contribution in [3.05, 3.63) is 86.5 Å². The van der Waals surface area contributed by atoms with Crippen LogP contribution in [-0.2, 0) is 43.9 Å². The second-order valence-electron chi connectivity index (χ2n) is 15.0. The molecule has 0 aliphatic rings. The summed E-state index contributed by atoms with van der Waals surface area (Å²) in [7, 11) is 0. The van der Waals surface area contributed by atoms with Crippen LogP contribution in [-0.4, -0.2) is 54.3 Å². The normalized spacial score (nSPS) is 11.7. The topological polar surface area (TPSA) is 27.7 Å². The molecule has 0 saturated carbocycles. The van der Waals surface area contributed by atoms with Crippen LogP contribution in [0.5, 0.6) is 17.2 Å². The Hall–Kier alpha value is -0.840. The Kier molecular flexibility index (Phi) is 24.6. The maximum absolute atomic E-state index is 6.64. The third kappa shape index (κ3) is 14.1. The molecule has 0 atom stereocenters. The van der Waals surface area contributed by atoms with Crippen LogP contribution in [0.4, 0.5) is 0 Å². The molecule has 314 valence electrons. The Bertz CT molecular complexity index is 1310. The minimum Gasteiger partial charge on any atom is -0.493 e. The van der Waals surface area contributed by atoms with Crippen LogP contribution in [0.25, 0.3) is 0 Å². The molecule has 0 fully saturated rings. The second kappa shape index (κ2) is 27.8. The van der Waals surface area contributed by atoms with E-state index in [1.165, 1.54) is 50.1 Å². The predicted molar refractivity (Wildman–Crippen MR) is 265 cm³/mol. The first-order chi connectivity index (χ1) is 27.3. The molecule has 0 unspecified atom stereocenters. The summed E-state index contributed by atoms with van der Waals surface area (Å²) in [5.74, 6) is 8.12. The number of rotatable bonds is 30. The van der Waals surface area contributed by atoms with E-state index in [4.69, 9.17) is 14.2 Å². The molecule has 3 aromatic rings. The van der Waals surface area contributed by atoms with Gasteiger partial charge in [-0.3, -0.25) is 0 Å². The number of aryl methyl sites for hydroxylation is 6. The summed E-state index contributed by atoms with van der Waals surface area (Å²) in [6.45, 7) is 11.1. The van der Waals surface area contributed by atoms with Crippen molar-refractivity contribution in [1.29, 1.82) is 0 Å². The van der Waals surface area contributed by atoms with Gasteiger partial charge in [0.15, 0.2) is 0 Å². The fraction of sp³-hybridized carbons (Fsp3) is 0.617. The first-order valence-corrected chi connectivity index (χ1v) is 25.1. The standard InChI is InChI=1S/C47H72O3S6/c1-5-20-48-44-35(14-8-23-51)29-41(30-36(44)15-9-24-52)47(4,42-31-37(16-10-25-53)45(49-21-6-2)38(32-42)17-11-26-54)43-33-39(18-12-27-55)46(50-22-7-3)40(34-43)19-13-28-56/h29-34,51-56H,5-28H2,1-4H3. The van der Waals surface area contributed by atoms with Crippen LogP contribution in [0.15, 0.2) is 36.4 Å². The van der Waals surface area contributed by atoms with Crippen molar-refractivity contribution in [3.63, 3.8) is 0 Å². The van der Waals surface area contributed by atoms with E-state index in [0.717, 1.165) is 148 Å². The van der Waals surface area contributed by atoms with Gasteiger partial charge in [0, 0.05) is 5.41 Å². The first-order valence-electron chi connectivity index (χ1n) is 21.3. The molecule has 56 heavy (non-hydrogen) atoms. The van der Waals surface area contributed by atoms with Crippen molar-refractivity contribution < 1.29 is 14.2 Å². The average molecular weight is 877 g/mol. The Morgan fingerprint density at radius 3 is 0.732 bits per heavy atom. The minimum absolute atomic E-state index is 0.516. The van der Waals surface area contributed by atoms with E-state index in [2.05, 4.69) is 140 Å². The van der Waals surface area contributed by atoms with E-state index in [9.17, 15) is 0 Å². The summed E-state index contributed by atoms with van der Waals surface area (Å²) in [5, 5.41) is 0. The van der Waals surface area contributed by atoms with E-state index in [1.807, 2.05) is 0 Å². The maximum atomic E-state index is 6.64. The summed E-state index contributed by atoms with van der Waals surface area (Å²) in [6, 6.07) is 14.8. The van der Waals surface area contributed by atoms with Gasteiger partial charge in [-0.1, -0.05) is 57.2 Å². The molecule has 0 radical (unpaired) electrons. The van der Waals surface area contributed by atoms with Crippen LogP contribution in [0.1, 0.15) is 136 Å². The molecule has 0 amide bonds. The van der Waals surface area contributed by atoms with Gasteiger partial charge in [-0.25, -0.2) is 0 Å². The van der Waals surface area contributed by atoms with E-state index in [-0.39, 0.29) is 0 Å². The van der Waals surface area contributed by atoms with Gasteiger partial charge < -0.3 is 14.2 Å². The SMILES string of the molecule is CCCOc1c(CCCS)cc(C(C)(c2cc(CCCS)c(OCCC)c(CCCS)c2)c2cc(CCCS)c(OCCC)c(CCCS)c2)cc1CCCS. The summed E-state index contributed by atoms with van der Waals surface area (Å²) < 4.78 is 19.9. The Balaban J connectivity index is 2.61. The van der Waals surface area contributed by atoms with Crippen molar-refractivity contribution in [2.45, 2.75) is 129 Å². The number of hydrogen-bond donors (Lipinski definition) is 6. The lowest BCUT2D eigenvalue weighted by atomic mass is 9.68. The summed E-state index contributed by atoms with van der Waals surface area (Å²) in [6.07, 6.45) is 14.2. The molecule has 0 spiro atoms. The molecule has 0 saturated heterocycles. The summed E-state index contributed by atoms with van der Waals surface area (Å²) >= 11 is 28.0. The molecule has 0 aromatic heterocycles. The lowest BCUT2D eigenvalue weighted by molar-refractivity contribution is 0.310. The van der Waals surface area contributed by atoms with Crippen LogP contribution < -0.4 is 14.2 Å². The van der Waals surface area contributed by atoms with Crippen LogP contribution in [0.3, 0.4) is 0 Å². The van der Waals surface area contributed by atoms with Crippen molar-refractivity contribution in [1.82, 2.24) is 0 Å². The van der Waals surface area contributed by atoms with Gasteiger partial charge in [0.25, 0.3) is 0 Å². The first kappa shape index (κ1) is 49.5. The number of thiol groups is 6. The van der Waals surface area contributed by atoms with Crippen LogP contribution in [0.2, 0.25) is 0 Å². The third-order valence-corrected chi connectivity index (χ3v) is 12.3. The Morgan fingerprint density at radius 1 is 0.375 bits per heavy atom. The average Bonchev–Trinajstić information content (AvgIpc) is 3.22. The van der Waals surface area contributed by atoms with E-state index in [1.54, 1.807) is 0 Å². The lowest BCUT2D eigenvalue weighted by Gasteiger charge is -2.36. The monoisotopic (exact) mass is 876 g/mol. The van der Waals surface area contributed by atoms with Crippen LogP contribution in [0, 0.1) is 0 Å². The molecule has 0 bridgehead atoms. The fourth-order valence-corrected chi connectivity index (χ4v) is 8.48. The van der Waals surface area contributed by atoms with E-state index < -0.39 is 5.41 Å². The van der Waals surface area contributed by atoms with Crippen molar-refractivity contribution in [2.75, 3.05) is 54.3 Å². The third-order valence-electron chi connectivity index (χ3n) is 10.4. The number of ether oxygens (including phenoxy) is 3. The molecule has 0 aliphatic heterocycles. The van der Waals surface area contributed by atoms with Crippen LogP contribution >= 0.6 is 75.8 Å². The van der Waals surface area contributed by atoms with Gasteiger partial charge in [-0.05, 0) is 188 Å². The fourth-order valence-electron chi connectivity index (χ4n) is 7.53. The van der Waals surface area contributed by atoms with Gasteiger partial charge in [-0.2, -0.15) is 75.8 Å². The lowest BCUT2D eigenvalue weighted by Crippen LogP contribution is -2.28. The molecular formula is C47H72O3S6. The van der Waals surface area contributed by atoms with Crippen molar-refractivity contribution >= 4 is 75.8 Å². The Morgan fingerprint density at radius 2 is 0.571 bits per heavy atom. The zero-order chi connectivity index (χ0) is 40.8. The van der Waals surface area contributed by atoms with Gasteiger partial charge in [-0.15, -0.1) is 0 Å². The highest BCUT2D eigenvalue weighted by molar-refractivity contribution is 7.81. The number of hydrogen-bond acceptors (Lipinski definition) is 9. The van der Waals surface area contributed by atoms with Crippen molar-refractivity contribution in [2.24, 2.45) is 0 Å². The second-order valence-corrected chi connectivity index (χ2v) is 17.7. The largest absolute Gasteiger partial charge is 0.493 e. The Labute approximate surface area is 374 Å². The van der Waals surface area contributed by atoms with Gasteiger partial charge in [0.1, 0.15) is 17.2 Å². The highest BCUT2D eigenvalue weighted by Gasteiger charge is 2.36. The van der Waals surface area contributed by atoms with Gasteiger partial charge in [0.2, 0.25) is 0 Å². The highest BCUT2D eigenvalue weighted by atomic mass is 32.1. The predicted octanol–water partition coefficient (Wildman–Crippen LogP) is 12.6. The summed E-state index contributed by atoms with van der Waals surface area (Å²) in [5.41, 5.74) is 11.0. The minimum atomic E-state index is -0.516. The summed E-state index contributed by atoms with van der Waals surface area (Å²) in [4.78, 5) is 0. The molecule has 0 aliphatic carbocycles. The molecule has 3 nitrogen and oxygen atoms in total. The molecular weight excluding hydrogens is 805 g/mol. The van der Waals surface area contributed by atoms with Crippen molar-refractivity contribution in [3.8, 4) is 17.2 Å². The zero-order valence-corrected chi connectivity index (χ0v) is 40.2. The van der Waals surface area contributed by atoms with Gasteiger partial charge >= 0.3 is 0 Å². The maximum Gasteiger partial charge on any atom is 0.125 e. The molecule has 3 rings (SSSR count). The van der Waals surface area contributed by atoms with E-state index in [0.29, 0.717) is 19.8 Å². The molecule has 0 heterocycles. The van der Waals surface area contributed by atoms with E-state index >= 15 is 0 Å². The molecule has 0 N–H and O–H groups in total. The zero-order valence-electron chi connectivity index (χ0n) is 34.8. The molecule has 9 heteroatoms. The quantitative estimate of drug-likeness (QED) is 0.0298. The highest BCUT2D eigenvalue weighted by Crippen LogP contribution is 2.47. The molecule has 3 aromatic carbocycles. The number of benzene rings is 3. The smallest absolute Gasteiger partial charge is 0.125 e. The van der Waals surface area contributed by atoms with Gasteiger partial charge in [0.05, 0.1) is 19.8 Å².